The highest BCUT2D eigenvalue weighted by Crippen LogP contribution is 2.51. The highest BCUT2D eigenvalue weighted by Gasteiger charge is 2.33. The Bertz CT molecular complexity index is 7600. The van der Waals surface area contributed by atoms with E-state index in [1.54, 1.807) is 37.9 Å². The van der Waals surface area contributed by atoms with E-state index in [1.807, 2.05) is 122 Å². The Hall–Kier alpha value is -10.8. The number of benzene rings is 12. The minimum absolute atomic E-state index is 0.328. The fourth-order valence-corrected chi connectivity index (χ4v) is 24.9. The van der Waals surface area contributed by atoms with Crippen LogP contribution < -0.4 is 65.3 Å². The third-order valence-corrected chi connectivity index (χ3v) is 31.9. The zero-order chi connectivity index (χ0) is 93.5. The summed E-state index contributed by atoms with van der Waals surface area (Å²) in [7, 11) is 4.80. The van der Waals surface area contributed by atoms with Crippen molar-refractivity contribution in [1.82, 2.24) is 53.4 Å². The first-order chi connectivity index (χ1) is 66.4. The van der Waals surface area contributed by atoms with E-state index in [1.165, 1.54) is 64.3 Å². The van der Waals surface area contributed by atoms with E-state index in [2.05, 4.69) is 134 Å². The van der Waals surface area contributed by atoms with Crippen molar-refractivity contribution in [2.45, 2.75) is 26.4 Å². The average Bonchev–Trinajstić information content (AvgIpc) is 1.62. The number of fused-ring (bicyclic) bond motifs is 9. The molecular formula is C102H92Cl5F4N17O3S5. The van der Waals surface area contributed by atoms with Crippen molar-refractivity contribution in [3.63, 3.8) is 0 Å². The maximum absolute atomic E-state index is 15.8. The van der Waals surface area contributed by atoms with Gasteiger partial charge in [-0.1, -0.05) is 149 Å². The molecule has 24 rings (SSSR count). The van der Waals surface area contributed by atoms with Gasteiger partial charge < -0.3 is 70.3 Å². The molecule has 20 nitrogen and oxygen atoms in total. The lowest BCUT2D eigenvalue weighted by molar-refractivity contribution is 0.413. The van der Waals surface area contributed by atoms with Crippen molar-refractivity contribution in [2.24, 2.45) is 4.99 Å². The van der Waals surface area contributed by atoms with Crippen LogP contribution in [-0.4, -0.2) is 185 Å². The Morgan fingerprint density at radius 3 is 1.42 bits per heavy atom. The van der Waals surface area contributed by atoms with Crippen molar-refractivity contribution in [3.05, 3.63) is 241 Å². The predicted molar refractivity (Wildman–Crippen MR) is 563 cm³/mol. The van der Waals surface area contributed by atoms with Crippen LogP contribution in [0.4, 0.5) is 42.6 Å². The SMILES string of the molecule is COc1cc(-c2cc3nsc(N4CCNCC4)c3cc2Cl)c2ccccc2c1.COc1ccc2ccccc2c1-c1c(Cl)cc2c(N3CCNCC3)snc2c1F.COc1cccc(F)c1-c1cc2nsc(N3CCNCC3)c2cc1Cl.Cc1ccc2c(c1-c1c(Cl)cc3c(N4CCNC[C@@H]4C)snc3c1F)C=NC2.Fc1c(-c2c[nH]c3ccccc23)c(Cl)cc2c(N3CCNCC3)snc12. The van der Waals surface area contributed by atoms with Gasteiger partial charge in [-0.25, -0.2) is 17.6 Å². The van der Waals surface area contributed by atoms with E-state index < -0.39 is 5.82 Å². The zero-order valence-corrected chi connectivity index (χ0v) is 82.5. The molecule has 0 saturated carbocycles. The summed E-state index contributed by atoms with van der Waals surface area (Å²) in [5.41, 5.74) is 13.4. The predicted octanol–water partition coefficient (Wildman–Crippen LogP) is 24.1. The van der Waals surface area contributed by atoms with Crippen LogP contribution >= 0.6 is 116 Å². The lowest BCUT2D eigenvalue weighted by Gasteiger charge is -2.34. The number of anilines is 5. The molecule has 12 aromatic carbocycles. The van der Waals surface area contributed by atoms with Gasteiger partial charge in [-0.2, -0.15) is 21.9 Å². The van der Waals surface area contributed by atoms with Crippen molar-refractivity contribution in [3.8, 4) is 72.9 Å². The standard InChI is InChI=1S/C22H19ClFN3OS.C22H20ClN3OS.C21H20ClFN4S.C19H16ClFN4S.C18H17ClFN3OS/c1-28-17-7-6-13-4-2-3-5-14(13)18(17)19-16(23)12-15-21(20(19)24)26-29-22(15)27-10-8-25-9-11-27;1-27-15-10-14-4-2-3-5-16(14)17(11-15)18-13-21-19(12-20(18)23)22(28-25-21)26-8-6-24-7-9-26;1-11-3-4-13-9-25-10-15(13)17(11)18-16(22)7-14-20(19(18)23)26-28-21(14)27-6-5-24-8-12(27)2;20-14-9-12-18(24-26-19(12)25-7-5-22-6-8-25)17(21)16(14)13-10-23-15-4-2-1-3-11(13)15;1-24-16-4-2-3-14(20)17(16)11-10-15-12(9-13(11)19)18(25-22-15)23-7-5-21-6-8-23/h2-7,12,25H,8-11H2,1H3;2-5,10-13,24H,6-9H2,1H3;3-4,7,10,12,24H,5-6,8-9H2,1-2H3;1-4,9-10,22-23H,5-8H2;2-4,9-10,21H,5-8H2,1H3/t;;12-;;/m..0../s1. The van der Waals surface area contributed by atoms with Gasteiger partial charge in [0.25, 0.3) is 0 Å². The summed E-state index contributed by atoms with van der Waals surface area (Å²) >= 11 is 40.3. The summed E-state index contributed by atoms with van der Waals surface area (Å²) in [4.78, 5) is 19.0. The molecule has 696 valence electrons. The number of methoxy groups -OCH3 is 3. The first kappa shape index (κ1) is 92.9. The molecule has 0 aliphatic carbocycles. The molecule has 6 aliphatic heterocycles. The number of nitrogens with zero attached hydrogens (tertiary/aromatic N) is 11. The zero-order valence-electron chi connectivity index (χ0n) is 74.6. The van der Waals surface area contributed by atoms with E-state index in [9.17, 15) is 4.39 Å². The van der Waals surface area contributed by atoms with Gasteiger partial charge in [0.1, 0.15) is 64.6 Å². The molecule has 0 radical (unpaired) electrons. The summed E-state index contributed by atoms with van der Waals surface area (Å²) in [5.74, 6) is 0.405. The number of aromatic nitrogens is 6. The molecule has 0 spiro atoms. The molecule has 18 aromatic rings. The molecule has 5 fully saturated rings. The van der Waals surface area contributed by atoms with Crippen LogP contribution in [0, 0.1) is 30.2 Å². The van der Waals surface area contributed by atoms with Crippen molar-refractivity contribution in [1.29, 1.82) is 0 Å². The molecule has 5 saturated heterocycles. The molecule has 136 heavy (non-hydrogen) atoms. The number of halogens is 9. The molecule has 1 atom stereocenters. The number of hydrogen-bond acceptors (Lipinski definition) is 24. The number of H-pyrrole nitrogens is 1. The Labute approximate surface area is 827 Å². The van der Waals surface area contributed by atoms with Gasteiger partial charge in [0.15, 0.2) is 17.5 Å². The Kier molecular flexibility index (Phi) is 27.8. The largest absolute Gasteiger partial charge is 0.497 e. The van der Waals surface area contributed by atoms with Gasteiger partial charge >= 0.3 is 0 Å². The second-order valence-corrected chi connectivity index (χ2v) is 39.6. The van der Waals surface area contributed by atoms with Crippen LogP contribution in [0.3, 0.4) is 0 Å². The number of aromatic amines is 1. The summed E-state index contributed by atoms with van der Waals surface area (Å²) in [6.07, 6.45) is 3.64. The molecule has 0 bridgehead atoms. The number of rotatable bonds is 13. The van der Waals surface area contributed by atoms with Gasteiger partial charge in [0, 0.05) is 235 Å². The quantitative estimate of drug-likeness (QED) is 0.0596. The van der Waals surface area contributed by atoms with Crippen LogP contribution in [0.1, 0.15) is 23.6 Å². The second-order valence-electron chi connectivity index (χ2n) is 33.8. The molecule has 0 unspecified atom stereocenters. The number of aryl methyl sites for hydroxylation is 1. The van der Waals surface area contributed by atoms with Crippen molar-refractivity contribution < 1.29 is 31.8 Å². The average molecular weight is 2020 g/mol. The highest BCUT2D eigenvalue weighted by molar-refractivity contribution is 7.13. The maximum Gasteiger partial charge on any atom is 0.160 e. The molecular weight excluding hydrogens is 1920 g/mol. The first-order valence-corrected chi connectivity index (χ1v) is 50.6. The first-order valence-electron chi connectivity index (χ1n) is 44.9. The number of para-hydroxylation sites is 1. The van der Waals surface area contributed by atoms with Crippen LogP contribution in [0.15, 0.2) is 181 Å². The smallest absolute Gasteiger partial charge is 0.160 e. The van der Waals surface area contributed by atoms with Gasteiger partial charge in [0.05, 0.1) is 59.5 Å². The summed E-state index contributed by atoms with van der Waals surface area (Å²) in [5, 5.41) is 34.1. The lowest BCUT2D eigenvalue weighted by Crippen LogP contribution is -2.49. The van der Waals surface area contributed by atoms with E-state index in [0.29, 0.717) is 94.1 Å². The molecule has 6 aromatic heterocycles. The number of nitrogens with one attached hydrogen (secondary N) is 6. The van der Waals surface area contributed by atoms with Crippen molar-refractivity contribution >= 4 is 234 Å². The number of ether oxygens (including phenoxy) is 3. The van der Waals surface area contributed by atoms with Crippen molar-refractivity contribution in [2.75, 3.05) is 170 Å². The maximum atomic E-state index is 15.8. The van der Waals surface area contributed by atoms with Crippen LogP contribution in [0.2, 0.25) is 25.1 Å². The van der Waals surface area contributed by atoms with E-state index in [0.717, 1.165) is 264 Å². The lowest BCUT2D eigenvalue weighted by atomic mass is 9.92. The van der Waals surface area contributed by atoms with Crippen LogP contribution in [0.25, 0.3) is 143 Å². The van der Waals surface area contributed by atoms with Gasteiger partial charge in [-0.05, 0) is 194 Å². The Morgan fingerprint density at radius 2 is 0.846 bits per heavy atom. The molecule has 6 aliphatic rings. The molecule has 6 N–H and O–H groups in total. The minimum atomic E-state index is -0.403. The third-order valence-electron chi connectivity index (χ3n) is 25.7. The summed E-state index contributed by atoms with van der Waals surface area (Å²) in [6.45, 7) is 22.4. The van der Waals surface area contributed by atoms with Gasteiger partial charge in [0.2, 0.25) is 0 Å². The number of aliphatic imine (C=N–C) groups is 1. The minimum Gasteiger partial charge on any atom is -0.497 e. The third kappa shape index (κ3) is 18.1. The Balaban J connectivity index is 0.000000105. The fraction of sp³-hybridized carbons (Fsp3) is 0.255. The van der Waals surface area contributed by atoms with Crippen LogP contribution in [-0.2, 0) is 6.54 Å². The van der Waals surface area contributed by atoms with Gasteiger partial charge in [-0.15, -0.1) is 0 Å². The molecule has 34 heteroatoms. The van der Waals surface area contributed by atoms with Crippen LogP contribution in [0.5, 0.6) is 17.2 Å². The fourth-order valence-electron chi connectivity index (χ4n) is 18.9. The highest BCUT2D eigenvalue weighted by atomic mass is 35.5. The summed E-state index contributed by atoms with van der Waals surface area (Å²) in [6, 6.07) is 54.6. The number of hydrogen-bond donors (Lipinski definition) is 6. The topological polar surface area (TPSA) is 197 Å². The van der Waals surface area contributed by atoms with E-state index >= 15 is 13.2 Å². The van der Waals surface area contributed by atoms with Gasteiger partial charge in [-0.3, -0.25) is 4.99 Å². The molecule has 0 amide bonds. The van der Waals surface area contributed by atoms with E-state index in [4.69, 9.17) is 76.6 Å². The monoisotopic (exact) mass is 2010 g/mol. The Morgan fingerprint density at radius 1 is 0.375 bits per heavy atom. The second kappa shape index (κ2) is 40.7. The normalized spacial score (nSPS) is 15.7. The molecule has 12 heterocycles. The number of piperazine rings is 5. The summed E-state index contributed by atoms with van der Waals surface area (Å²) < 4.78 is 100. The van der Waals surface area contributed by atoms with E-state index in [-0.39, 0.29) is 17.5 Å².